The summed E-state index contributed by atoms with van der Waals surface area (Å²) in [7, 11) is 0. The predicted octanol–water partition coefficient (Wildman–Crippen LogP) is 4.52. The van der Waals surface area contributed by atoms with Gasteiger partial charge in [-0.2, -0.15) is 5.26 Å². The van der Waals surface area contributed by atoms with Crippen molar-refractivity contribution < 1.29 is 4.39 Å². The Hall–Kier alpha value is -2.05. The Kier molecular flexibility index (Phi) is 4.03. The third-order valence-corrected chi connectivity index (χ3v) is 3.15. The number of benzene rings is 2. The highest BCUT2D eigenvalue weighted by Gasteiger charge is 2.11. The Morgan fingerprint density at radius 3 is 2.68 bits per heavy atom. The molecule has 0 saturated carbocycles. The Balaban J connectivity index is 2.26. The summed E-state index contributed by atoms with van der Waals surface area (Å²) in [5, 5.41) is 12.2. The standard InChI is InChI=1S/C15H12ClFN2/c1-10(12-5-2-4-11(8-12)9-18)19-15-13(16)6-3-7-14(15)17/h2-8,10,19H,1H3. The highest BCUT2D eigenvalue weighted by Crippen LogP contribution is 2.28. The smallest absolute Gasteiger partial charge is 0.147 e. The molecule has 0 spiro atoms. The lowest BCUT2D eigenvalue weighted by molar-refractivity contribution is 0.627. The lowest BCUT2D eigenvalue weighted by atomic mass is 10.1. The second-order valence-corrected chi connectivity index (χ2v) is 4.61. The van der Waals surface area contributed by atoms with E-state index in [1.807, 2.05) is 13.0 Å². The summed E-state index contributed by atoms with van der Waals surface area (Å²) < 4.78 is 13.7. The lowest BCUT2D eigenvalue weighted by Crippen LogP contribution is -2.08. The third-order valence-electron chi connectivity index (χ3n) is 2.84. The van der Waals surface area contributed by atoms with Gasteiger partial charge in [-0.15, -0.1) is 0 Å². The number of anilines is 1. The first-order chi connectivity index (χ1) is 9.11. The average Bonchev–Trinajstić information content (AvgIpc) is 2.43. The molecule has 2 rings (SSSR count). The van der Waals surface area contributed by atoms with Crippen LogP contribution >= 0.6 is 11.6 Å². The van der Waals surface area contributed by atoms with Crippen LogP contribution in [0.5, 0.6) is 0 Å². The topological polar surface area (TPSA) is 35.8 Å². The second-order valence-electron chi connectivity index (χ2n) is 4.20. The van der Waals surface area contributed by atoms with Gasteiger partial charge in [-0.05, 0) is 36.8 Å². The van der Waals surface area contributed by atoms with E-state index in [0.717, 1.165) is 5.56 Å². The number of halogens is 2. The van der Waals surface area contributed by atoms with E-state index in [0.29, 0.717) is 10.6 Å². The summed E-state index contributed by atoms with van der Waals surface area (Å²) in [5.41, 5.74) is 1.75. The SMILES string of the molecule is CC(Nc1c(F)cccc1Cl)c1cccc(C#N)c1. The van der Waals surface area contributed by atoms with Crippen LogP contribution in [0.2, 0.25) is 5.02 Å². The zero-order valence-electron chi connectivity index (χ0n) is 10.3. The van der Waals surface area contributed by atoms with E-state index < -0.39 is 5.82 Å². The molecule has 0 aliphatic rings. The molecule has 0 bridgehead atoms. The van der Waals surface area contributed by atoms with E-state index in [4.69, 9.17) is 16.9 Å². The van der Waals surface area contributed by atoms with Gasteiger partial charge in [0.2, 0.25) is 0 Å². The van der Waals surface area contributed by atoms with E-state index in [1.165, 1.54) is 6.07 Å². The summed E-state index contributed by atoms with van der Waals surface area (Å²) in [5.74, 6) is -0.393. The largest absolute Gasteiger partial charge is 0.375 e. The van der Waals surface area contributed by atoms with E-state index >= 15 is 0 Å². The molecule has 4 heteroatoms. The molecule has 0 aliphatic carbocycles. The number of hydrogen-bond donors (Lipinski definition) is 1. The fraction of sp³-hybridized carbons (Fsp3) is 0.133. The molecule has 1 unspecified atom stereocenters. The van der Waals surface area contributed by atoms with Crippen molar-refractivity contribution in [1.82, 2.24) is 0 Å². The predicted molar refractivity (Wildman–Crippen MR) is 74.6 cm³/mol. The number of rotatable bonds is 3. The molecule has 96 valence electrons. The maximum absolute atomic E-state index is 13.7. The summed E-state index contributed by atoms with van der Waals surface area (Å²) in [6.45, 7) is 1.89. The van der Waals surface area contributed by atoms with Gasteiger partial charge in [0.15, 0.2) is 0 Å². The quantitative estimate of drug-likeness (QED) is 0.893. The number of nitrogens with one attached hydrogen (secondary N) is 1. The number of para-hydroxylation sites is 1. The fourth-order valence-electron chi connectivity index (χ4n) is 1.81. The maximum Gasteiger partial charge on any atom is 0.147 e. The summed E-state index contributed by atoms with van der Waals surface area (Å²) in [6, 6.07) is 13.7. The highest BCUT2D eigenvalue weighted by molar-refractivity contribution is 6.33. The van der Waals surface area contributed by atoms with Crippen LogP contribution in [-0.2, 0) is 0 Å². The summed E-state index contributed by atoms with van der Waals surface area (Å²) in [6.07, 6.45) is 0. The molecule has 0 aliphatic heterocycles. The van der Waals surface area contributed by atoms with E-state index in [-0.39, 0.29) is 11.7 Å². The van der Waals surface area contributed by atoms with E-state index in [1.54, 1.807) is 30.3 Å². The first-order valence-corrected chi connectivity index (χ1v) is 6.20. The minimum Gasteiger partial charge on any atom is -0.375 e. The van der Waals surface area contributed by atoms with Gasteiger partial charge in [-0.1, -0.05) is 29.8 Å². The Morgan fingerprint density at radius 1 is 1.26 bits per heavy atom. The molecular weight excluding hydrogens is 263 g/mol. The normalized spacial score (nSPS) is 11.7. The molecule has 1 atom stereocenters. The van der Waals surface area contributed by atoms with Gasteiger partial charge in [0.25, 0.3) is 0 Å². The fourth-order valence-corrected chi connectivity index (χ4v) is 2.03. The van der Waals surface area contributed by atoms with Gasteiger partial charge in [0.1, 0.15) is 5.82 Å². The molecule has 0 heterocycles. The zero-order valence-corrected chi connectivity index (χ0v) is 11.1. The van der Waals surface area contributed by atoms with Gasteiger partial charge in [0, 0.05) is 6.04 Å². The van der Waals surface area contributed by atoms with Gasteiger partial charge < -0.3 is 5.32 Å². The van der Waals surface area contributed by atoms with Gasteiger partial charge in [-0.25, -0.2) is 4.39 Å². The molecule has 0 saturated heterocycles. The van der Waals surface area contributed by atoms with Gasteiger partial charge in [0.05, 0.1) is 22.3 Å². The van der Waals surface area contributed by atoms with Crippen molar-refractivity contribution in [1.29, 1.82) is 5.26 Å². The van der Waals surface area contributed by atoms with Crippen LogP contribution in [0.4, 0.5) is 10.1 Å². The first kappa shape index (κ1) is 13.4. The number of hydrogen-bond acceptors (Lipinski definition) is 2. The first-order valence-electron chi connectivity index (χ1n) is 5.82. The van der Waals surface area contributed by atoms with Crippen LogP contribution < -0.4 is 5.32 Å². The Bertz CT molecular complexity index is 614. The van der Waals surface area contributed by atoms with Crippen LogP contribution in [0, 0.1) is 17.1 Å². The molecule has 1 N–H and O–H groups in total. The van der Waals surface area contributed by atoms with Crippen LogP contribution in [0.25, 0.3) is 0 Å². The number of nitriles is 1. The lowest BCUT2D eigenvalue weighted by Gasteiger charge is -2.17. The molecular formula is C15H12ClFN2. The van der Waals surface area contributed by atoms with Crippen LogP contribution in [0.15, 0.2) is 42.5 Å². The molecule has 0 amide bonds. The van der Waals surface area contributed by atoms with Gasteiger partial charge in [-0.3, -0.25) is 0 Å². The van der Waals surface area contributed by atoms with Crippen LogP contribution in [0.1, 0.15) is 24.1 Å². The summed E-state index contributed by atoms with van der Waals surface area (Å²) >= 11 is 5.96. The van der Waals surface area contributed by atoms with E-state index in [9.17, 15) is 4.39 Å². The second kappa shape index (κ2) is 5.73. The molecule has 2 aromatic rings. The molecule has 0 aromatic heterocycles. The maximum atomic E-state index is 13.7. The van der Waals surface area contributed by atoms with Gasteiger partial charge >= 0.3 is 0 Å². The van der Waals surface area contributed by atoms with Crippen LogP contribution in [-0.4, -0.2) is 0 Å². The van der Waals surface area contributed by atoms with Crippen molar-refractivity contribution in [3.05, 3.63) is 64.4 Å². The van der Waals surface area contributed by atoms with Crippen molar-refractivity contribution in [2.45, 2.75) is 13.0 Å². The van der Waals surface area contributed by atoms with Crippen molar-refractivity contribution in [2.24, 2.45) is 0 Å². The van der Waals surface area contributed by atoms with Crippen molar-refractivity contribution in [3.63, 3.8) is 0 Å². The van der Waals surface area contributed by atoms with Crippen molar-refractivity contribution in [3.8, 4) is 6.07 Å². The van der Waals surface area contributed by atoms with Crippen LogP contribution in [0.3, 0.4) is 0 Å². The molecule has 2 aromatic carbocycles. The minimum absolute atomic E-state index is 0.150. The third kappa shape index (κ3) is 3.04. The molecule has 2 nitrogen and oxygen atoms in total. The molecule has 19 heavy (non-hydrogen) atoms. The Labute approximate surface area is 116 Å². The zero-order chi connectivity index (χ0) is 13.8. The van der Waals surface area contributed by atoms with E-state index in [2.05, 4.69) is 11.4 Å². The highest BCUT2D eigenvalue weighted by atomic mass is 35.5. The summed E-state index contributed by atoms with van der Waals surface area (Å²) in [4.78, 5) is 0. The van der Waals surface area contributed by atoms with Crippen molar-refractivity contribution >= 4 is 17.3 Å². The average molecular weight is 275 g/mol. The molecule has 0 fully saturated rings. The molecule has 0 radical (unpaired) electrons. The monoisotopic (exact) mass is 274 g/mol. The Morgan fingerprint density at radius 2 is 2.00 bits per heavy atom. The number of nitrogens with zero attached hydrogens (tertiary/aromatic N) is 1. The minimum atomic E-state index is -0.393. The van der Waals surface area contributed by atoms with Crippen molar-refractivity contribution in [2.75, 3.05) is 5.32 Å².